The molecule has 1 aromatic rings. The highest BCUT2D eigenvalue weighted by Gasteiger charge is 2.18. The summed E-state index contributed by atoms with van der Waals surface area (Å²) in [5, 5.41) is 3.71. The number of hydrogen-bond acceptors (Lipinski definition) is 3. The zero-order chi connectivity index (χ0) is 15.9. The van der Waals surface area contributed by atoms with E-state index in [4.69, 9.17) is 11.6 Å². The van der Waals surface area contributed by atoms with E-state index in [0.717, 1.165) is 28.8 Å². The Hall–Kier alpha value is -0.710. The molecule has 0 saturated carbocycles. The van der Waals surface area contributed by atoms with Crippen LogP contribution in [0.1, 0.15) is 26.2 Å². The number of halogens is 1. The van der Waals surface area contributed by atoms with Crippen LogP contribution in [0.5, 0.6) is 0 Å². The van der Waals surface area contributed by atoms with Crippen LogP contribution in [0.15, 0.2) is 29.2 Å². The molecule has 1 aliphatic heterocycles. The molecule has 122 valence electrons. The number of thioether (sulfide) groups is 1. The molecule has 0 aromatic heterocycles. The first-order chi connectivity index (χ1) is 10.5. The summed E-state index contributed by atoms with van der Waals surface area (Å²) in [5.74, 6) is 0.878. The summed E-state index contributed by atoms with van der Waals surface area (Å²) in [6.45, 7) is 5.10. The minimum absolute atomic E-state index is 0.0846. The Balaban J connectivity index is 1.67. The number of nitrogens with zero attached hydrogens (tertiary/aromatic N) is 1. The van der Waals surface area contributed by atoms with Gasteiger partial charge in [0.15, 0.2) is 0 Å². The van der Waals surface area contributed by atoms with E-state index in [-0.39, 0.29) is 11.2 Å². The molecule has 5 heteroatoms. The topological polar surface area (TPSA) is 32.3 Å². The third-order valence-electron chi connectivity index (χ3n) is 4.19. The van der Waals surface area contributed by atoms with E-state index in [0.29, 0.717) is 0 Å². The number of likely N-dealkylation sites (tertiary alicyclic amines) is 1. The summed E-state index contributed by atoms with van der Waals surface area (Å²) in [5.41, 5.74) is 0. The van der Waals surface area contributed by atoms with Gasteiger partial charge >= 0.3 is 0 Å². The minimum Gasteiger partial charge on any atom is -0.355 e. The number of rotatable bonds is 6. The van der Waals surface area contributed by atoms with E-state index in [1.54, 1.807) is 11.8 Å². The molecule has 1 N–H and O–H groups in total. The van der Waals surface area contributed by atoms with Crippen molar-refractivity contribution in [3.63, 3.8) is 0 Å². The molecule has 0 bridgehead atoms. The second kappa shape index (κ2) is 8.80. The number of hydrogen-bond donors (Lipinski definition) is 1. The third-order valence-corrected chi connectivity index (χ3v) is 5.55. The largest absolute Gasteiger partial charge is 0.355 e. The number of amides is 1. The molecule has 1 fully saturated rings. The van der Waals surface area contributed by atoms with Crippen molar-refractivity contribution in [1.29, 1.82) is 0 Å². The lowest BCUT2D eigenvalue weighted by Gasteiger charge is -2.29. The summed E-state index contributed by atoms with van der Waals surface area (Å²) >= 11 is 7.44. The number of piperidine rings is 1. The lowest BCUT2D eigenvalue weighted by atomic mass is 9.94. The van der Waals surface area contributed by atoms with E-state index in [9.17, 15) is 4.79 Å². The molecule has 2 rings (SSSR count). The van der Waals surface area contributed by atoms with Crippen LogP contribution in [0.2, 0.25) is 5.02 Å². The second-order valence-corrected chi connectivity index (χ2v) is 7.89. The van der Waals surface area contributed by atoms with Gasteiger partial charge in [-0.1, -0.05) is 11.6 Å². The molecule has 1 heterocycles. The molecule has 0 aliphatic carbocycles. The van der Waals surface area contributed by atoms with Crippen molar-refractivity contribution in [3.05, 3.63) is 29.3 Å². The van der Waals surface area contributed by atoms with Gasteiger partial charge in [0.1, 0.15) is 0 Å². The molecule has 0 radical (unpaired) electrons. The molecular weight excluding hydrogens is 316 g/mol. The zero-order valence-corrected chi connectivity index (χ0v) is 14.9. The van der Waals surface area contributed by atoms with Gasteiger partial charge in [-0.2, -0.15) is 0 Å². The van der Waals surface area contributed by atoms with Crippen LogP contribution in [0.25, 0.3) is 0 Å². The van der Waals surface area contributed by atoms with Gasteiger partial charge in [-0.15, -0.1) is 11.8 Å². The highest BCUT2D eigenvalue weighted by molar-refractivity contribution is 8.00. The van der Waals surface area contributed by atoms with Gasteiger partial charge in [0, 0.05) is 16.5 Å². The molecule has 1 aliphatic rings. The summed E-state index contributed by atoms with van der Waals surface area (Å²) in [6.07, 6.45) is 3.60. The standard InChI is InChI=1S/C17H25ClN2OS/c1-13(22-16-5-3-15(18)4-6-16)17(21)19-10-7-14-8-11-20(2)12-9-14/h3-6,13-14H,7-12H2,1-2H3,(H,19,21). The van der Waals surface area contributed by atoms with Crippen molar-refractivity contribution in [2.45, 2.75) is 36.3 Å². The average Bonchev–Trinajstić information content (AvgIpc) is 2.51. The van der Waals surface area contributed by atoms with Gasteiger partial charge in [-0.05, 0) is 76.5 Å². The van der Waals surface area contributed by atoms with Crippen molar-refractivity contribution in [1.82, 2.24) is 10.2 Å². The zero-order valence-electron chi connectivity index (χ0n) is 13.3. The molecule has 1 amide bonds. The lowest BCUT2D eigenvalue weighted by Crippen LogP contribution is -2.35. The first-order valence-corrected chi connectivity index (χ1v) is 9.19. The maximum absolute atomic E-state index is 12.1. The second-order valence-electron chi connectivity index (χ2n) is 6.04. The summed E-state index contributed by atoms with van der Waals surface area (Å²) < 4.78 is 0. The fourth-order valence-electron chi connectivity index (χ4n) is 2.66. The Labute approximate surface area is 142 Å². The van der Waals surface area contributed by atoms with Crippen molar-refractivity contribution in [3.8, 4) is 0 Å². The van der Waals surface area contributed by atoms with Crippen LogP contribution in [0.4, 0.5) is 0 Å². The molecule has 1 aromatic carbocycles. The summed E-state index contributed by atoms with van der Waals surface area (Å²) in [6, 6.07) is 7.62. The van der Waals surface area contributed by atoms with Gasteiger partial charge in [0.25, 0.3) is 0 Å². The van der Waals surface area contributed by atoms with Crippen LogP contribution in [-0.4, -0.2) is 42.7 Å². The number of carbonyl (C=O) groups is 1. The quantitative estimate of drug-likeness (QED) is 0.802. The highest BCUT2D eigenvalue weighted by Crippen LogP contribution is 2.25. The number of nitrogens with one attached hydrogen (secondary N) is 1. The Morgan fingerprint density at radius 3 is 2.64 bits per heavy atom. The predicted octanol–water partition coefficient (Wildman–Crippen LogP) is 3.67. The monoisotopic (exact) mass is 340 g/mol. The van der Waals surface area contributed by atoms with Crippen molar-refractivity contribution >= 4 is 29.3 Å². The van der Waals surface area contributed by atoms with Gasteiger partial charge in [-0.25, -0.2) is 0 Å². The van der Waals surface area contributed by atoms with Gasteiger partial charge in [0.05, 0.1) is 5.25 Å². The normalized spacial score (nSPS) is 18.1. The van der Waals surface area contributed by atoms with E-state index in [2.05, 4.69) is 17.3 Å². The van der Waals surface area contributed by atoms with Crippen LogP contribution < -0.4 is 5.32 Å². The molecule has 1 unspecified atom stereocenters. The van der Waals surface area contributed by atoms with Crippen molar-refractivity contribution in [2.75, 3.05) is 26.7 Å². The summed E-state index contributed by atoms with van der Waals surface area (Å²) in [4.78, 5) is 15.6. The molecule has 1 atom stereocenters. The maximum atomic E-state index is 12.1. The fraction of sp³-hybridized carbons (Fsp3) is 0.588. The third kappa shape index (κ3) is 5.82. The van der Waals surface area contributed by atoms with Gasteiger partial charge in [-0.3, -0.25) is 4.79 Å². The molecular formula is C17H25ClN2OS. The Morgan fingerprint density at radius 1 is 1.36 bits per heavy atom. The van der Waals surface area contributed by atoms with Crippen LogP contribution >= 0.6 is 23.4 Å². The van der Waals surface area contributed by atoms with Gasteiger partial charge < -0.3 is 10.2 Å². The SMILES string of the molecule is CC(Sc1ccc(Cl)cc1)C(=O)NCCC1CCN(C)CC1. The Morgan fingerprint density at radius 2 is 2.00 bits per heavy atom. The Bertz CT molecular complexity index is 472. The number of benzene rings is 1. The van der Waals surface area contributed by atoms with E-state index < -0.39 is 0 Å². The maximum Gasteiger partial charge on any atom is 0.233 e. The number of carbonyl (C=O) groups excluding carboxylic acids is 1. The van der Waals surface area contributed by atoms with Gasteiger partial charge in [0.2, 0.25) is 5.91 Å². The van der Waals surface area contributed by atoms with Crippen molar-refractivity contribution in [2.24, 2.45) is 5.92 Å². The predicted molar refractivity (Wildman–Crippen MR) is 94.6 cm³/mol. The average molecular weight is 341 g/mol. The van der Waals surface area contributed by atoms with Crippen LogP contribution in [-0.2, 0) is 4.79 Å². The molecule has 22 heavy (non-hydrogen) atoms. The van der Waals surface area contributed by atoms with E-state index in [1.807, 2.05) is 31.2 Å². The highest BCUT2D eigenvalue weighted by atomic mass is 35.5. The fourth-order valence-corrected chi connectivity index (χ4v) is 3.68. The van der Waals surface area contributed by atoms with Crippen LogP contribution in [0, 0.1) is 5.92 Å². The first kappa shape index (κ1) is 17.6. The molecule has 0 spiro atoms. The molecule has 3 nitrogen and oxygen atoms in total. The molecule has 1 saturated heterocycles. The van der Waals surface area contributed by atoms with Crippen molar-refractivity contribution < 1.29 is 4.79 Å². The van der Waals surface area contributed by atoms with E-state index in [1.165, 1.54) is 25.9 Å². The minimum atomic E-state index is -0.0846. The van der Waals surface area contributed by atoms with E-state index >= 15 is 0 Å². The Kier molecular flexibility index (Phi) is 7.06. The summed E-state index contributed by atoms with van der Waals surface area (Å²) in [7, 11) is 2.17. The lowest BCUT2D eigenvalue weighted by molar-refractivity contribution is -0.120. The first-order valence-electron chi connectivity index (χ1n) is 7.93. The smallest absolute Gasteiger partial charge is 0.233 e. The van der Waals surface area contributed by atoms with Crippen LogP contribution in [0.3, 0.4) is 0 Å².